The van der Waals surface area contributed by atoms with Crippen molar-refractivity contribution in [2.75, 3.05) is 13.2 Å². The van der Waals surface area contributed by atoms with E-state index >= 15 is 0 Å². The molecule has 100 valence electrons. The molecule has 1 aliphatic heterocycles. The molecule has 1 aliphatic rings. The number of hydrogen-bond acceptors (Lipinski definition) is 3. The van der Waals surface area contributed by atoms with Crippen molar-refractivity contribution >= 4 is 18.3 Å². The number of ether oxygens (including phenoxy) is 1. The van der Waals surface area contributed by atoms with Crippen molar-refractivity contribution in [1.82, 2.24) is 5.32 Å². The Morgan fingerprint density at radius 2 is 2.11 bits per heavy atom. The first-order chi connectivity index (χ1) is 8.13. The van der Waals surface area contributed by atoms with Crippen LogP contribution < -0.4 is 11.1 Å². The molecule has 0 aromatic heterocycles. The second-order valence-electron chi connectivity index (χ2n) is 4.72. The van der Waals surface area contributed by atoms with Crippen molar-refractivity contribution in [2.45, 2.75) is 25.4 Å². The van der Waals surface area contributed by atoms with Crippen LogP contribution in [0, 0.1) is 0 Å². The van der Waals surface area contributed by atoms with E-state index in [4.69, 9.17) is 10.5 Å². The fraction of sp³-hybridized carbons (Fsp3) is 0.462. The van der Waals surface area contributed by atoms with Crippen LogP contribution in [0.25, 0.3) is 0 Å². The first-order valence-corrected chi connectivity index (χ1v) is 5.82. The van der Waals surface area contributed by atoms with Gasteiger partial charge in [-0.25, -0.2) is 0 Å². The summed E-state index contributed by atoms with van der Waals surface area (Å²) in [6.07, 6.45) is 0.861. The van der Waals surface area contributed by atoms with Gasteiger partial charge in [0, 0.05) is 18.7 Å². The molecule has 4 nitrogen and oxygen atoms in total. The van der Waals surface area contributed by atoms with E-state index < -0.39 is 0 Å². The number of carbonyl (C=O) groups excluding carboxylic acids is 1. The van der Waals surface area contributed by atoms with Gasteiger partial charge in [0.05, 0.1) is 12.1 Å². The van der Waals surface area contributed by atoms with E-state index in [0.717, 1.165) is 12.0 Å². The maximum atomic E-state index is 12.0. The Labute approximate surface area is 113 Å². The summed E-state index contributed by atoms with van der Waals surface area (Å²) in [6, 6.07) is 7.36. The van der Waals surface area contributed by atoms with Gasteiger partial charge in [0.2, 0.25) is 0 Å². The molecular formula is C13H19ClN2O2. The van der Waals surface area contributed by atoms with Crippen LogP contribution >= 0.6 is 12.4 Å². The second-order valence-corrected chi connectivity index (χ2v) is 4.72. The molecule has 18 heavy (non-hydrogen) atoms. The van der Waals surface area contributed by atoms with Gasteiger partial charge in [-0.3, -0.25) is 4.79 Å². The zero-order valence-electron chi connectivity index (χ0n) is 10.4. The second kappa shape index (κ2) is 6.18. The Balaban J connectivity index is 0.00000162. The van der Waals surface area contributed by atoms with Gasteiger partial charge in [0.1, 0.15) is 0 Å². The fourth-order valence-electron chi connectivity index (χ4n) is 1.90. The molecule has 1 aromatic carbocycles. The largest absolute Gasteiger partial charge is 0.379 e. The average Bonchev–Trinajstić information content (AvgIpc) is 2.76. The summed E-state index contributed by atoms with van der Waals surface area (Å²) < 4.78 is 5.30. The Hall–Kier alpha value is -1.10. The Bertz CT molecular complexity index is 400. The van der Waals surface area contributed by atoms with E-state index in [2.05, 4.69) is 5.32 Å². The Morgan fingerprint density at radius 1 is 1.44 bits per heavy atom. The first kappa shape index (κ1) is 15.0. The summed E-state index contributed by atoms with van der Waals surface area (Å²) in [5.41, 5.74) is 6.97. The standard InChI is InChI=1S/C13H18N2O2.ClH/c1-13(6-7-17-9-13)15-12(16)11-4-2-10(8-14)3-5-11;/h2-5H,6-9,14H2,1H3,(H,15,16);1H. The van der Waals surface area contributed by atoms with Gasteiger partial charge in [-0.15, -0.1) is 12.4 Å². The van der Waals surface area contributed by atoms with Crippen molar-refractivity contribution < 1.29 is 9.53 Å². The lowest BCUT2D eigenvalue weighted by atomic mass is 10.0. The zero-order chi connectivity index (χ0) is 12.3. The topological polar surface area (TPSA) is 64.4 Å². The van der Waals surface area contributed by atoms with Crippen LogP contribution in [0.2, 0.25) is 0 Å². The molecule has 3 N–H and O–H groups in total. The molecule has 1 fully saturated rings. The van der Waals surface area contributed by atoms with E-state index in [1.54, 1.807) is 12.1 Å². The van der Waals surface area contributed by atoms with Crippen molar-refractivity contribution in [3.05, 3.63) is 35.4 Å². The molecular weight excluding hydrogens is 252 g/mol. The van der Waals surface area contributed by atoms with E-state index in [1.165, 1.54) is 0 Å². The summed E-state index contributed by atoms with van der Waals surface area (Å²) in [7, 11) is 0. The van der Waals surface area contributed by atoms with Gasteiger partial charge in [0.15, 0.2) is 0 Å². The van der Waals surface area contributed by atoms with Crippen LogP contribution in [0.1, 0.15) is 29.3 Å². The molecule has 0 aliphatic carbocycles. The van der Waals surface area contributed by atoms with Crippen LogP contribution in [0.15, 0.2) is 24.3 Å². The van der Waals surface area contributed by atoms with Gasteiger partial charge in [-0.05, 0) is 31.0 Å². The van der Waals surface area contributed by atoms with Gasteiger partial charge >= 0.3 is 0 Å². The minimum absolute atomic E-state index is 0. The number of hydrogen-bond donors (Lipinski definition) is 2. The molecule has 1 atom stereocenters. The summed E-state index contributed by atoms with van der Waals surface area (Å²) in [4.78, 5) is 12.0. The van der Waals surface area contributed by atoms with Crippen molar-refractivity contribution in [3.8, 4) is 0 Å². The predicted molar refractivity (Wildman–Crippen MR) is 72.9 cm³/mol. The van der Waals surface area contributed by atoms with Crippen LogP contribution in [0.5, 0.6) is 0 Å². The molecule has 0 spiro atoms. The predicted octanol–water partition coefficient (Wildman–Crippen LogP) is 1.48. The Kier molecular flexibility index (Phi) is 5.14. The molecule has 5 heteroatoms. The molecule has 1 unspecified atom stereocenters. The molecule has 1 heterocycles. The summed E-state index contributed by atoms with van der Waals surface area (Å²) in [5.74, 6) is -0.0541. The van der Waals surface area contributed by atoms with E-state index in [0.29, 0.717) is 25.3 Å². The fourth-order valence-corrected chi connectivity index (χ4v) is 1.90. The SMILES string of the molecule is CC1(NC(=O)c2ccc(CN)cc2)CCOC1.Cl. The molecule has 1 amide bonds. The smallest absolute Gasteiger partial charge is 0.251 e. The average molecular weight is 271 g/mol. The maximum Gasteiger partial charge on any atom is 0.251 e. The number of rotatable bonds is 3. The Morgan fingerprint density at radius 3 is 2.61 bits per heavy atom. The van der Waals surface area contributed by atoms with Gasteiger partial charge < -0.3 is 15.8 Å². The lowest BCUT2D eigenvalue weighted by Gasteiger charge is -2.23. The van der Waals surface area contributed by atoms with Crippen molar-refractivity contribution in [3.63, 3.8) is 0 Å². The van der Waals surface area contributed by atoms with Crippen molar-refractivity contribution in [1.29, 1.82) is 0 Å². The third-order valence-corrected chi connectivity index (χ3v) is 3.09. The highest BCUT2D eigenvalue weighted by Gasteiger charge is 2.31. The summed E-state index contributed by atoms with van der Waals surface area (Å²) in [5, 5.41) is 3.01. The third kappa shape index (κ3) is 3.45. The maximum absolute atomic E-state index is 12.0. The number of halogens is 1. The lowest BCUT2D eigenvalue weighted by molar-refractivity contribution is 0.0890. The third-order valence-electron chi connectivity index (χ3n) is 3.09. The number of benzene rings is 1. The van der Waals surface area contributed by atoms with Crippen molar-refractivity contribution in [2.24, 2.45) is 5.73 Å². The lowest BCUT2D eigenvalue weighted by Crippen LogP contribution is -2.46. The first-order valence-electron chi connectivity index (χ1n) is 5.82. The molecule has 2 rings (SSSR count). The number of carbonyl (C=O) groups is 1. The highest BCUT2D eigenvalue weighted by atomic mass is 35.5. The number of amides is 1. The highest BCUT2D eigenvalue weighted by Crippen LogP contribution is 2.18. The number of nitrogens with one attached hydrogen (secondary N) is 1. The van der Waals surface area contributed by atoms with Gasteiger partial charge in [-0.1, -0.05) is 12.1 Å². The van der Waals surface area contributed by atoms with Crippen LogP contribution in [0.4, 0.5) is 0 Å². The van der Waals surface area contributed by atoms with Crippen LogP contribution in [0.3, 0.4) is 0 Å². The van der Waals surface area contributed by atoms with Crippen LogP contribution in [-0.2, 0) is 11.3 Å². The van der Waals surface area contributed by atoms with Crippen LogP contribution in [-0.4, -0.2) is 24.7 Å². The highest BCUT2D eigenvalue weighted by molar-refractivity contribution is 5.94. The molecule has 1 aromatic rings. The van der Waals surface area contributed by atoms with E-state index in [-0.39, 0.29) is 23.9 Å². The quantitative estimate of drug-likeness (QED) is 0.874. The van der Waals surface area contributed by atoms with E-state index in [1.807, 2.05) is 19.1 Å². The number of nitrogens with two attached hydrogens (primary N) is 1. The zero-order valence-corrected chi connectivity index (χ0v) is 11.3. The molecule has 0 bridgehead atoms. The molecule has 1 saturated heterocycles. The minimum atomic E-state index is -0.233. The van der Waals surface area contributed by atoms with Gasteiger partial charge in [-0.2, -0.15) is 0 Å². The monoisotopic (exact) mass is 270 g/mol. The molecule has 0 saturated carbocycles. The normalized spacial score (nSPS) is 22.3. The van der Waals surface area contributed by atoms with E-state index in [9.17, 15) is 4.79 Å². The van der Waals surface area contributed by atoms with Gasteiger partial charge in [0.25, 0.3) is 5.91 Å². The summed E-state index contributed by atoms with van der Waals surface area (Å²) >= 11 is 0. The minimum Gasteiger partial charge on any atom is -0.379 e. The summed E-state index contributed by atoms with van der Waals surface area (Å²) in [6.45, 7) is 3.79. The molecule has 0 radical (unpaired) electrons.